The van der Waals surface area contributed by atoms with Gasteiger partial charge in [0.25, 0.3) is 0 Å². The smallest absolute Gasteiger partial charge is 0.164 e. The van der Waals surface area contributed by atoms with Crippen molar-refractivity contribution in [1.29, 1.82) is 0 Å². The molecule has 0 aliphatic rings. The number of nitrogens with zero attached hydrogens (tertiary/aromatic N) is 4. The number of hydrogen-bond donors (Lipinski definition) is 0. The van der Waals surface area contributed by atoms with E-state index in [4.69, 9.17) is 15.0 Å². The third-order valence-corrected chi connectivity index (χ3v) is 12.2. The Morgan fingerprint density at radius 3 is 1.70 bits per heavy atom. The number of aromatic nitrogens is 3. The molecule has 0 N–H and O–H groups in total. The van der Waals surface area contributed by atoms with Gasteiger partial charge < -0.3 is 4.90 Å². The highest BCUT2D eigenvalue weighted by Crippen LogP contribution is 2.43. The lowest BCUT2D eigenvalue weighted by Gasteiger charge is -2.28. The van der Waals surface area contributed by atoms with E-state index < -0.39 is 0 Å². The van der Waals surface area contributed by atoms with Gasteiger partial charge in [-0.15, -0.1) is 11.3 Å². The van der Waals surface area contributed by atoms with Crippen molar-refractivity contribution < 1.29 is 0 Å². The van der Waals surface area contributed by atoms with Crippen LogP contribution in [-0.2, 0) is 0 Å². The normalized spacial score (nSPS) is 11.3. The van der Waals surface area contributed by atoms with E-state index in [0.717, 1.165) is 50.1 Å². The zero-order chi connectivity index (χ0) is 39.8. The number of para-hydroxylation sites is 2. The van der Waals surface area contributed by atoms with Crippen molar-refractivity contribution in [1.82, 2.24) is 15.0 Å². The average molecular weight is 785 g/mol. The summed E-state index contributed by atoms with van der Waals surface area (Å²) in [6.07, 6.45) is 0. The minimum atomic E-state index is 0.653. The number of benzene rings is 9. The van der Waals surface area contributed by atoms with E-state index in [1.165, 1.54) is 36.9 Å². The Morgan fingerprint density at radius 1 is 0.333 bits per heavy atom. The van der Waals surface area contributed by atoms with Crippen LogP contribution < -0.4 is 4.90 Å². The number of fused-ring (bicyclic) bond motifs is 4. The molecule has 0 radical (unpaired) electrons. The molecule has 11 aromatic rings. The second-order valence-electron chi connectivity index (χ2n) is 14.8. The fourth-order valence-electron chi connectivity index (χ4n) is 8.20. The molecule has 282 valence electrons. The lowest BCUT2D eigenvalue weighted by molar-refractivity contribution is 1.08. The molecule has 0 fully saturated rings. The van der Waals surface area contributed by atoms with Gasteiger partial charge in [0.15, 0.2) is 17.5 Å². The summed E-state index contributed by atoms with van der Waals surface area (Å²) in [6.45, 7) is 0. The quantitative estimate of drug-likeness (QED) is 0.154. The van der Waals surface area contributed by atoms with Crippen molar-refractivity contribution in [2.75, 3.05) is 4.90 Å². The number of rotatable bonds is 8. The van der Waals surface area contributed by atoms with E-state index in [-0.39, 0.29) is 0 Å². The average Bonchev–Trinajstić information content (AvgIpc) is 3.71. The largest absolute Gasteiger partial charge is 0.310 e. The first-order chi connectivity index (χ1) is 29.7. The van der Waals surface area contributed by atoms with Crippen molar-refractivity contribution >= 4 is 59.3 Å². The molecule has 60 heavy (non-hydrogen) atoms. The summed E-state index contributed by atoms with van der Waals surface area (Å²) < 4.78 is 2.41. The minimum absolute atomic E-state index is 0.653. The number of thiophene rings is 1. The van der Waals surface area contributed by atoms with Crippen LogP contribution in [-0.4, -0.2) is 15.0 Å². The Kier molecular flexibility index (Phi) is 8.99. The molecule has 2 aromatic heterocycles. The Balaban J connectivity index is 0.987. The van der Waals surface area contributed by atoms with Gasteiger partial charge in [-0.3, -0.25) is 0 Å². The molecular weight excluding hydrogens is 749 g/mol. The first kappa shape index (κ1) is 35.4. The highest BCUT2D eigenvalue weighted by Gasteiger charge is 2.19. The van der Waals surface area contributed by atoms with Crippen LogP contribution >= 0.6 is 11.3 Å². The van der Waals surface area contributed by atoms with Gasteiger partial charge in [0.1, 0.15) is 0 Å². The van der Waals surface area contributed by atoms with Crippen molar-refractivity contribution in [3.63, 3.8) is 0 Å². The summed E-state index contributed by atoms with van der Waals surface area (Å²) in [5.41, 5.74) is 10.9. The summed E-state index contributed by atoms with van der Waals surface area (Å²) in [4.78, 5) is 17.7. The summed E-state index contributed by atoms with van der Waals surface area (Å²) in [7, 11) is 0. The lowest BCUT2D eigenvalue weighted by atomic mass is 10.00. The first-order valence-electron chi connectivity index (χ1n) is 20.1. The molecular formula is C55H36N4S. The molecule has 0 amide bonds. The molecule has 0 atom stereocenters. The highest BCUT2D eigenvalue weighted by molar-refractivity contribution is 7.26. The van der Waals surface area contributed by atoms with Crippen LogP contribution in [0.15, 0.2) is 218 Å². The van der Waals surface area contributed by atoms with Crippen molar-refractivity contribution in [3.05, 3.63) is 218 Å². The highest BCUT2D eigenvalue weighted by atomic mass is 32.1. The fourth-order valence-corrected chi connectivity index (χ4v) is 9.37. The maximum Gasteiger partial charge on any atom is 0.164 e. The van der Waals surface area contributed by atoms with Crippen LogP contribution in [0.2, 0.25) is 0 Å². The zero-order valence-electron chi connectivity index (χ0n) is 32.5. The monoisotopic (exact) mass is 784 g/mol. The molecule has 9 aromatic carbocycles. The van der Waals surface area contributed by atoms with E-state index in [0.29, 0.717) is 17.5 Å². The molecule has 0 aliphatic carbocycles. The Morgan fingerprint density at radius 2 is 0.917 bits per heavy atom. The second-order valence-corrected chi connectivity index (χ2v) is 15.9. The Bertz CT molecular complexity index is 3310. The van der Waals surface area contributed by atoms with Crippen LogP contribution in [0.3, 0.4) is 0 Å². The van der Waals surface area contributed by atoms with Gasteiger partial charge in [-0.25, -0.2) is 15.0 Å². The predicted molar refractivity (Wildman–Crippen MR) is 252 cm³/mol. The van der Waals surface area contributed by atoms with E-state index in [1.807, 2.05) is 18.2 Å². The third-order valence-electron chi connectivity index (χ3n) is 11.1. The molecule has 11 rings (SSSR count). The Labute approximate surface area is 352 Å². The molecule has 0 unspecified atom stereocenters. The van der Waals surface area contributed by atoms with Crippen molar-refractivity contribution in [2.24, 2.45) is 0 Å². The maximum absolute atomic E-state index is 5.18. The minimum Gasteiger partial charge on any atom is -0.310 e. The molecule has 2 heterocycles. The molecule has 4 nitrogen and oxygen atoms in total. The summed E-state index contributed by atoms with van der Waals surface area (Å²) in [5.74, 6) is 1.97. The molecule has 0 saturated carbocycles. The topological polar surface area (TPSA) is 41.9 Å². The summed E-state index contributed by atoms with van der Waals surface area (Å²) >= 11 is 1.80. The first-order valence-corrected chi connectivity index (χ1v) is 20.9. The van der Waals surface area contributed by atoms with Crippen LogP contribution in [0, 0.1) is 0 Å². The second kappa shape index (κ2) is 15.2. The predicted octanol–water partition coefficient (Wildman–Crippen LogP) is 15.2. The molecule has 0 spiro atoms. The number of hydrogen-bond acceptors (Lipinski definition) is 5. The standard InChI is InChI=1S/C55H36N4S/c1-4-16-39(17-5-1)46-23-12-13-25-49(46)59(44-21-8-3-9-22-44)45-32-29-38(30-33-45)42-31-34-47-51(36-42)60-50-26-14-24-48(52(47)50)55-57-53(40-18-6-2-7-19-40)56-54(58-55)43-28-27-37-15-10-11-20-41(37)35-43/h1-36H. The van der Waals surface area contributed by atoms with Gasteiger partial charge in [-0.05, 0) is 76.0 Å². The summed E-state index contributed by atoms with van der Waals surface area (Å²) in [6, 6.07) is 77.0. The Hall–Kier alpha value is -7.73. The van der Waals surface area contributed by atoms with E-state index >= 15 is 0 Å². The van der Waals surface area contributed by atoms with E-state index in [9.17, 15) is 0 Å². The van der Waals surface area contributed by atoms with Crippen LogP contribution in [0.4, 0.5) is 17.1 Å². The van der Waals surface area contributed by atoms with Crippen LogP contribution in [0.1, 0.15) is 0 Å². The fraction of sp³-hybridized carbons (Fsp3) is 0. The van der Waals surface area contributed by atoms with Crippen molar-refractivity contribution in [2.45, 2.75) is 0 Å². The SMILES string of the molecule is c1ccc(-c2nc(-c3ccc4ccccc4c3)nc(-c3cccc4sc5cc(-c6ccc(N(c7ccccc7)c7ccccc7-c7ccccc7)cc6)ccc5c34)n2)cc1. The molecule has 0 aliphatic heterocycles. The van der Waals surface area contributed by atoms with Gasteiger partial charge in [0.05, 0.1) is 5.69 Å². The van der Waals surface area contributed by atoms with Gasteiger partial charge >= 0.3 is 0 Å². The van der Waals surface area contributed by atoms with E-state index in [2.05, 4.69) is 205 Å². The van der Waals surface area contributed by atoms with Gasteiger partial charge in [-0.2, -0.15) is 0 Å². The molecule has 0 bridgehead atoms. The van der Waals surface area contributed by atoms with E-state index in [1.54, 1.807) is 11.3 Å². The van der Waals surface area contributed by atoms with Crippen LogP contribution in [0.5, 0.6) is 0 Å². The molecule has 0 saturated heterocycles. The third kappa shape index (κ3) is 6.57. The lowest BCUT2D eigenvalue weighted by Crippen LogP contribution is -2.11. The molecule has 5 heteroatoms. The van der Waals surface area contributed by atoms with Gasteiger partial charge in [0.2, 0.25) is 0 Å². The van der Waals surface area contributed by atoms with Gasteiger partial charge in [-0.1, -0.05) is 170 Å². The number of anilines is 3. The zero-order valence-corrected chi connectivity index (χ0v) is 33.3. The summed E-state index contributed by atoms with van der Waals surface area (Å²) in [5, 5.41) is 4.68. The van der Waals surface area contributed by atoms with Gasteiger partial charge in [0, 0.05) is 53.8 Å². The maximum atomic E-state index is 5.18. The van der Waals surface area contributed by atoms with Crippen molar-refractivity contribution in [3.8, 4) is 56.4 Å². The van der Waals surface area contributed by atoms with Crippen LogP contribution in [0.25, 0.3) is 87.4 Å².